The maximum atomic E-state index is 12.5. The van der Waals surface area contributed by atoms with Crippen molar-refractivity contribution in [2.75, 3.05) is 13.1 Å². The molecule has 7 nitrogen and oxygen atoms in total. The molecule has 3 heterocycles. The molecule has 0 aliphatic carbocycles. The van der Waals surface area contributed by atoms with Crippen LogP contribution in [0.3, 0.4) is 0 Å². The average Bonchev–Trinajstić information content (AvgIpc) is 3.12. The van der Waals surface area contributed by atoms with Gasteiger partial charge in [-0.2, -0.15) is 0 Å². The van der Waals surface area contributed by atoms with Crippen LogP contribution in [-0.2, 0) is 11.2 Å². The molecule has 8 heteroatoms. The van der Waals surface area contributed by atoms with Gasteiger partial charge in [0.15, 0.2) is 5.78 Å². The number of hydrogen-bond acceptors (Lipinski definition) is 5. The Morgan fingerprint density at radius 1 is 1.29 bits per heavy atom. The van der Waals surface area contributed by atoms with Gasteiger partial charge in [-0.15, -0.1) is 11.3 Å². The third-order valence-electron chi connectivity index (χ3n) is 4.15. The molecule has 0 spiro atoms. The minimum absolute atomic E-state index is 0.0662. The summed E-state index contributed by atoms with van der Waals surface area (Å²) in [5.74, 6) is -0.384. The summed E-state index contributed by atoms with van der Waals surface area (Å²) in [7, 11) is 0. The number of ketones is 1. The molecule has 2 N–H and O–H groups in total. The molecule has 1 aliphatic heterocycles. The lowest BCUT2D eigenvalue weighted by Gasteiger charge is -2.31. The number of rotatable bonds is 4. The Morgan fingerprint density at radius 3 is 2.88 bits per heavy atom. The number of nitrogens with zero attached hydrogens (tertiary/aromatic N) is 1. The molecule has 1 amide bonds. The Bertz CT molecular complexity index is 853. The number of aromatic amines is 2. The monoisotopic (exact) mass is 347 g/mol. The summed E-state index contributed by atoms with van der Waals surface area (Å²) in [6.07, 6.45) is 1.37. The van der Waals surface area contributed by atoms with Crippen molar-refractivity contribution in [1.82, 2.24) is 15.1 Å². The van der Waals surface area contributed by atoms with Gasteiger partial charge in [-0.05, 0) is 24.3 Å². The van der Waals surface area contributed by atoms with Gasteiger partial charge in [0.1, 0.15) is 0 Å². The van der Waals surface area contributed by atoms with Gasteiger partial charge in [0.25, 0.3) is 11.1 Å². The molecule has 126 valence electrons. The van der Waals surface area contributed by atoms with Crippen molar-refractivity contribution >= 4 is 23.0 Å². The number of Topliss-reactive ketones (excluding diaryl/α,β-unsaturated/α-hetero) is 1. The summed E-state index contributed by atoms with van der Waals surface area (Å²) in [5, 5.41) is 6.23. The number of carbonyl (C=O) groups excluding carboxylic acids is 2. The molecule has 1 aliphatic rings. The topological polar surface area (TPSA) is 103 Å². The van der Waals surface area contributed by atoms with E-state index in [0.717, 1.165) is 18.9 Å². The van der Waals surface area contributed by atoms with Gasteiger partial charge < -0.3 is 4.90 Å². The van der Waals surface area contributed by atoms with E-state index in [4.69, 9.17) is 0 Å². The van der Waals surface area contributed by atoms with Crippen LogP contribution in [0.15, 0.2) is 33.2 Å². The quantitative estimate of drug-likeness (QED) is 0.798. The number of aromatic nitrogens is 2. The van der Waals surface area contributed by atoms with E-state index >= 15 is 0 Å². The van der Waals surface area contributed by atoms with Crippen molar-refractivity contribution in [2.45, 2.75) is 19.3 Å². The zero-order valence-electron chi connectivity index (χ0n) is 12.9. The Hall–Kier alpha value is -2.48. The molecule has 1 fully saturated rings. The zero-order valence-corrected chi connectivity index (χ0v) is 13.7. The molecule has 1 atom stereocenters. The lowest BCUT2D eigenvalue weighted by molar-refractivity contribution is -0.131. The lowest BCUT2D eigenvalue weighted by Crippen LogP contribution is -2.43. The molecule has 0 radical (unpaired) electrons. The van der Waals surface area contributed by atoms with Crippen molar-refractivity contribution in [3.8, 4) is 0 Å². The Balaban J connectivity index is 1.69. The first-order valence-electron chi connectivity index (χ1n) is 7.71. The molecular formula is C16H17N3O4S. The van der Waals surface area contributed by atoms with Crippen LogP contribution in [0.25, 0.3) is 0 Å². The van der Waals surface area contributed by atoms with Crippen molar-refractivity contribution in [2.24, 2.45) is 5.92 Å². The second-order valence-corrected chi connectivity index (χ2v) is 6.76. The van der Waals surface area contributed by atoms with Gasteiger partial charge in [0.2, 0.25) is 5.91 Å². The smallest absolute Gasteiger partial charge is 0.266 e. The van der Waals surface area contributed by atoms with Crippen LogP contribution in [0.4, 0.5) is 0 Å². The van der Waals surface area contributed by atoms with E-state index in [-0.39, 0.29) is 29.6 Å². The Morgan fingerprint density at radius 2 is 2.12 bits per heavy atom. The highest BCUT2D eigenvalue weighted by atomic mass is 32.1. The number of thiophene rings is 1. The van der Waals surface area contributed by atoms with Gasteiger partial charge in [0, 0.05) is 30.6 Å². The lowest BCUT2D eigenvalue weighted by atomic mass is 9.92. The van der Waals surface area contributed by atoms with Gasteiger partial charge in [-0.1, -0.05) is 6.07 Å². The summed E-state index contributed by atoms with van der Waals surface area (Å²) < 4.78 is 0. The summed E-state index contributed by atoms with van der Waals surface area (Å²) in [6, 6.07) is 4.77. The molecule has 0 aromatic carbocycles. The fourth-order valence-corrected chi connectivity index (χ4v) is 3.65. The van der Waals surface area contributed by atoms with E-state index in [9.17, 15) is 19.2 Å². The van der Waals surface area contributed by atoms with Crippen LogP contribution in [-0.4, -0.2) is 39.9 Å². The summed E-state index contributed by atoms with van der Waals surface area (Å²) >= 11 is 1.40. The molecular weight excluding hydrogens is 330 g/mol. The summed E-state index contributed by atoms with van der Waals surface area (Å²) in [5.41, 5.74) is -0.802. The van der Waals surface area contributed by atoms with Crippen LogP contribution in [0.5, 0.6) is 0 Å². The third-order valence-corrected chi connectivity index (χ3v) is 5.03. The summed E-state index contributed by atoms with van der Waals surface area (Å²) in [4.78, 5) is 50.2. The number of piperidine rings is 1. The Labute approximate surface area is 141 Å². The fraction of sp³-hybridized carbons (Fsp3) is 0.375. The minimum Gasteiger partial charge on any atom is -0.342 e. The molecule has 0 bridgehead atoms. The van der Waals surface area contributed by atoms with Crippen LogP contribution in [0.2, 0.25) is 0 Å². The Kier molecular flexibility index (Phi) is 4.75. The van der Waals surface area contributed by atoms with Crippen molar-refractivity contribution in [3.05, 3.63) is 54.7 Å². The minimum atomic E-state index is -0.480. The van der Waals surface area contributed by atoms with E-state index in [1.54, 1.807) is 11.0 Å². The molecule has 0 saturated carbocycles. The zero-order chi connectivity index (χ0) is 17.1. The number of carbonyl (C=O) groups is 2. The predicted molar refractivity (Wildman–Crippen MR) is 89.3 cm³/mol. The highest BCUT2D eigenvalue weighted by Gasteiger charge is 2.29. The molecule has 1 saturated heterocycles. The van der Waals surface area contributed by atoms with E-state index in [2.05, 4.69) is 10.2 Å². The highest BCUT2D eigenvalue weighted by Crippen LogP contribution is 2.23. The second kappa shape index (κ2) is 6.96. The number of nitrogens with one attached hydrogen (secondary N) is 2. The molecule has 3 rings (SSSR count). The molecule has 0 unspecified atom stereocenters. The second-order valence-electron chi connectivity index (χ2n) is 5.81. The van der Waals surface area contributed by atoms with Gasteiger partial charge in [0.05, 0.1) is 11.3 Å². The standard InChI is InChI=1S/C16H17N3O4S/c20-13-7-11(16(23)18-17-13)8-14(21)19-5-1-3-10(9-19)15(22)12-4-2-6-24-12/h2,4,6-7,10H,1,3,5,8-9H2,(H,17,20)(H,18,23)/t10-/m0/s1. The van der Waals surface area contributed by atoms with Crippen LogP contribution < -0.4 is 11.1 Å². The van der Waals surface area contributed by atoms with Crippen molar-refractivity contribution < 1.29 is 9.59 Å². The normalized spacial score (nSPS) is 17.7. The summed E-state index contributed by atoms with van der Waals surface area (Å²) in [6.45, 7) is 0.921. The molecule has 2 aromatic heterocycles. The van der Waals surface area contributed by atoms with E-state index in [0.29, 0.717) is 18.0 Å². The van der Waals surface area contributed by atoms with Gasteiger partial charge in [-0.25, -0.2) is 0 Å². The predicted octanol–water partition coefficient (Wildman–Crippen LogP) is 0.789. The third kappa shape index (κ3) is 3.53. The van der Waals surface area contributed by atoms with Crippen LogP contribution in [0.1, 0.15) is 28.1 Å². The van der Waals surface area contributed by atoms with Gasteiger partial charge >= 0.3 is 0 Å². The first kappa shape index (κ1) is 16.4. The molecule has 2 aromatic rings. The maximum Gasteiger partial charge on any atom is 0.266 e. The first-order chi connectivity index (χ1) is 11.5. The van der Waals surface area contributed by atoms with Crippen molar-refractivity contribution in [1.29, 1.82) is 0 Å². The number of likely N-dealkylation sites (tertiary alicyclic amines) is 1. The largest absolute Gasteiger partial charge is 0.342 e. The van der Waals surface area contributed by atoms with Crippen LogP contribution in [0, 0.1) is 5.92 Å². The number of amides is 1. The van der Waals surface area contributed by atoms with Crippen LogP contribution >= 0.6 is 11.3 Å². The van der Waals surface area contributed by atoms with E-state index in [1.807, 2.05) is 11.4 Å². The highest BCUT2D eigenvalue weighted by molar-refractivity contribution is 7.12. The van der Waals surface area contributed by atoms with E-state index < -0.39 is 11.1 Å². The number of hydrogen-bond donors (Lipinski definition) is 2. The van der Waals surface area contributed by atoms with Gasteiger partial charge in [-0.3, -0.25) is 29.4 Å². The number of H-pyrrole nitrogens is 2. The maximum absolute atomic E-state index is 12.5. The van der Waals surface area contributed by atoms with E-state index in [1.165, 1.54) is 11.3 Å². The first-order valence-corrected chi connectivity index (χ1v) is 8.59. The fourth-order valence-electron chi connectivity index (χ4n) is 2.90. The average molecular weight is 347 g/mol. The SMILES string of the molecule is O=C(c1cccs1)[C@H]1CCCN(C(=O)Cc2cc(=O)[nH][nH]c2=O)C1. The molecule has 24 heavy (non-hydrogen) atoms. The van der Waals surface area contributed by atoms with Crippen molar-refractivity contribution in [3.63, 3.8) is 0 Å².